The maximum atomic E-state index is 13.1. The van der Waals surface area contributed by atoms with Crippen LogP contribution in [0.1, 0.15) is 277 Å². The minimum Gasteiger partial charge on any atom is -0.394 e. The fourth-order valence-electron chi connectivity index (χ4n) is 9.49. The van der Waals surface area contributed by atoms with Crippen LogP contribution in [-0.2, 0) is 28.9 Å². The Labute approximate surface area is 429 Å². The topological polar surface area (TPSA) is 192 Å². The predicted octanol–water partition coefficient (Wildman–Crippen LogP) is 13.6. The molecule has 12 nitrogen and oxygen atoms in total. The molecule has 0 aliphatic carbocycles. The van der Waals surface area contributed by atoms with Gasteiger partial charge < -0.3 is 35.2 Å². The first kappa shape index (κ1) is 66.6. The summed E-state index contributed by atoms with van der Waals surface area (Å²) in [4.78, 5) is 13.1. The molecular formula is C57H109NO11S. The molecule has 414 valence electrons. The van der Waals surface area contributed by atoms with E-state index < -0.39 is 59.9 Å². The van der Waals surface area contributed by atoms with Gasteiger partial charge in [0.2, 0.25) is 5.91 Å². The van der Waals surface area contributed by atoms with E-state index in [-0.39, 0.29) is 18.9 Å². The normalized spacial score (nSPS) is 19.7. The van der Waals surface area contributed by atoms with E-state index in [0.717, 1.165) is 57.8 Å². The summed E-state index contributed by atoms with van der Waals surface area (Å²) in [7, 11) is -5.08. The zero-order chi connectivity index (χ0) is 51.2. The summed E-state index contributed by atoms with van der Waals surface area (Å²) in [6.07, 6.45) is 48.9. The molecule has 0 bridgehead atoms. The highest BCUT2D eigenvalue weighted by molar-refractivity contribution is 7.80. The van der Waals surface area contributed by atoms with E-state index in [1.807, 2.05) is 0 Å². The lowest BCUT2D eigenvalue weighted by Crippen LogP contribution is -2.61. The van der Waals surface area contributed by atoms with Crippen LogP contribution < -0.4 is 5.32 Å². The van der Waals surface area contributed by atoms with Gasteiger partial charge in [-0.1, -0.05) is 250 Å². The van der Waals surface area contributed by atoms with Crippen LogP contribution in [-0.4, -0.2) is 95.4 Å². The first-order chi connectivity index (χ1) is 34.0. The van der Waals surface area contributed by atoms with Crippen LogP contribution in [0.2, 0.25) is 0 Å². The fraction of sp³-hybridized carbons (Fsp3) is 0.912. The molecular weight excluding hydrogens is 907 g/mol. The molecule has 0 aromatic rings. The van der Waals surface area contributed by atoms with Crippen LogP contribution in [0.25, 0.3) is 0 Å². The van der Waals surface area contributed by atoms with E-state index in [4.69, 9.17) is 9.47 Å². The van der Waals surface area contributed by atoms with Gasteiger partial charge in [0.1, 0.15) is 24.4 Å². The van der Waals surface area contributed by atoms with Crippen molar-refractivity contribution in [1.82, 2.24) is 5.32 Å². The molecule has 1 saturated heterocycles. The SMILES string of the molecule is CCCCCCCCCCC/C=C\C/C=C\CCCCCCCCCCCC(=O)NC(COC1OC(CO)C(O)C(OS(=O)(=O)O)C1O)C(O)CCCCCCCCCCCCCCCCCCCC. The van der Waals surface area contributed by atoms with Crippen LogP contribution in [0.3, 0.4) is 0 Å². The number of rotatable bonds is 51. The molecule has 0 aromatic carbocycles. The number of aliphatic hydroxyl groups excluding tert-OH is 4. The highest BCUT2D eigenvalue weighted by atomic mass is 32.3. The summed E-state index contributed by atoms with van der Waals surface area (Å²) in [5, 5.41) is 45.1. The van der Waals surface area contributed by atoms with Crippen molar-refractivity contribution in [3.8, 4) is 0 Å². The number of carbonyl (C=O) groups is 1. The Kier molecular flexibility index (Phi) is 45.0. The van der Waals surface area contributed by atoms with Gasteiger partial charge in [-0.2, -0.15) is 8.42 Å². The van der Waals surface area contributed by atoms with Crippen LogP contribution >= 0.6 is 0 Å². The lowest BCUT2D eigenvalue weighted by atomic mass is 9.99. The summed E-state index contributed by atoms with van der Waals surface area (Å²) in [5.41, 5.74) is 0. The monoisotopic (exact) mass is 1020 g/mol. The van der Waals surface area contributed by atoms with Crippen molar-refractivity contribution in [1.29, 1.82) is 0 Å². The van der Waals surface area contributed by atoms with E-state index in [1.54, 1.807) is 0 Å². The van der Waals surface area contributed by atoms with E-state index in [2.05, 4.69) is 47.7 Å². The van der Waals surface area contributed by atoms with Gasteiger partial charge in [0.15, 0.2) is 6.29 Å². The lowest BCUT2D eigenvalue weighted by Gasteiger charge is -2.41. The number of allylic oxidation sites excluding steroid dienone is 4. The molecule has 0 saturated carbocycles. The Hall–Kier alpha value is -1.42. The smallest absolute Gasteiger partial charge is 0.394 e. The minimum absolute atomic E-state index is 0.231. The van der Waals surface area contributed by atoms with Gasteiger partial charge in [-0.05, 0) is 44.9 Å². The Morgan fingerprint density at radius 3 is 1.36 bits per heavy atom. The summed E-state index contributed by atoms with van der Waals surface area (Å²) in [5.74, 6) is -0.231. The summed E-state index contributed by atoms with van der Waals surface area (Å²) < 4.78 is 47.9. The highest BCUT2D eigenvalue weighted by Crippen LogP contribution is 2.26. The molecule has 1 amide bonds. The highest BCUT2D eigenvalue weighted by Gasteiger charge is 2.48. The predicted molar refractivity (Wildman–Crippen MR) is 287 cm³/mol. The molecule has 70 heavy (non-hydrogen) atoms. The van der Waals surface area contributed by atoms with Crippen molar-refractivity contribution in [2.75, 3.05) is 13.2 Å². The second kappa shape index (κ2) is 47.3. The second-order valence-electron chi connectivity index (χ2n) is 20.6. The average molecular weight is 1020 g/mol. The zero-order valence-corrected chi connectivity index (χ0v) is 45.7. The first-order valence-electron chi connectivity index (χ1n) is 29.2. The van der Waals surface area contributed by atoms with E-state index >= 15 is 0 Å². The number of carbonyl (C=O) groups excluding carboxylic acids is 1. The summed E-state index contributed by atoms with van der Waals surface area (Å²) in [6, 6.07) is -0.860. The summed E-state index contributed by atoms with van der Waals surface area (Å²) >= 11 is 0. The minimum atomic E-state index is -5.08. The first-order valence-corrected chi connectivity index (χ1v) is 30.6. The van der Waals surface area contributed by atoms with Gasteiger partial charge in [-0.3, -0.25) is 9.35 Å². The third-order valence-electron chi connectivity index (χ3n) is 14.0. The van der Waals surface area contributed by atoms with E-state index in [9.17, 15) is 38.2 Å². The van der Waals surface area contributed by atoms with Gasteiger partial charge in [0, 0.05) is 6.42 Å². The lowest BCUT2D eigenvalue weighted by molar-refractivity contribution is -0.298. The molecule has 1 fully saturated rings. The van der Waals surface area contributed by atoms with Gasteiger partial charge in [0.05, 0.1) is 25.4 Å². The van der Waals surface area contributed by atoms with Crippen molar-refractivity contribution >= 4 is 16.3 Å². The number of nitrogens with one attached hydrogen (secondary N) is 1. The average Bonchev–Trinajstić information content (AvgIpc) is 3.33. The molecule has 7 atom stereocenters. The van der Waals surface area contributed by atoms with Crippen molar-refractivity contribution in [3.05, 3.63) is 24.3 Å². The van der Waals surface area contributed by atoms with Gasteiger partial charge in [-0.15, -0.1) is 0 Å². The van der Waals surface area contributed by atoms with Crippen LogP contribution in [0.15, 0.2) is 24.3 Å². The van der Waals surface area contributed by atoms with Crippen molar-refractivity contribution in [2.24, 2.45) is 0 Å². The number of aliphatic hydroxyl groups is 4. The molecule has 1 aliphatic rings. The third-order valence-corrected chi connectivity index (χ3v) is 14.5. The van der Waals surface area contributed by atoms with Gasteiger partial charge >= 0.3 is 10.4 Å². The third kappa shape index (κ3) is 39.1. The quantitative estimate of drug-likeness (QED) is 0.0193. The molecule has 1 heterocycles. The molecule has 6 N–H and O–H groups in total. The number of hydrogen-bond donors (Lipinski definition) is 6. The summed E-state index contributed by atoms with van der Waals surface area (Å²) in [6.45, 7) is 3.49. The maximum absolute atomic E-state index is 13.1. The molecule has 7 unspecified atom stereocenters. The molecule has 0 spiro atoms. The maximum Gasteiger partial charge on any atom is 0.397 e. The Bertz CT molecular complexity index is 1330. The van der Waals surface area contributed by atoms with Crippen molar-refractivity contribution in [3.63, 3.8) is 0 Å². The zero-order valence-electron chi connectivity index (χ0n) is 44.9. The Balaban J connectivity index is 2.35. The standard InChI is InChI=1S/C57H109NO11S/c1-3-5-7-9-11-13-15-17-19-21-23-24-25-26-27-28-29-31-33-35-37-39-41-43-45-47-53(61)58-50(49-67-57-55(63)56(69-70(64,65)66)54(62)52(48-59)68-57)51(60)46-44-42-40-38-36-34-32-30-22-20-18-16-14-12-10-8-6-4-2/h23-24,26-27,50-52,54-57,59-60,62-63H,3-22,25,28-49H2,1-2H3,(H,58,61)(H,64,65,66)/b24-23-,27-26-. The second-order valence-corrected chi connectivity index (χ2v) is 21.6. The van der Waals surface area contributed by atoms with E-state index in [0.29, 0.717) is 12.8 Å². The number of amides is 1. The van der Waals surface area contributed by atoms with Crippen LogP contribution in [0.5, 0.6) is 0 Å². The van der Waals surface area contributed by atoms with Gasteiger partial charge in [0.25, 0.3) is 0 Å². The Morgan fingerprint density at radius 2 is 0.957 bits per heavy atom. The van der Waals surface area contributed by atoms with Crippen LogP contribution in [0.4, 0.5) is 0 Å². The van der Waals surface area contributed by atoms with E-state index in [1.165, 1.54) is 186 Å². The largest absolute Gasteiger partial charge is 0.397 e. The van der Waals surface area contributed by atoms with Crippen molar-refractivity contribution in [2.45, 2.75) is 320 Å². The molecule has 0 aromatic heterocycles. The number of hydrogen-bond acceptors (Lipinski definition) is 10. The van der Waals surface area contributed by atoms with Crippen LogP contribution in [0, 0.1) is 0 Å². The van der Waals surface area contributed by atoms with Crippen molar-refractivity contribution < 1.29 is 51.8 Å². The molecule has 0 radical (unpaired) electrons. The molecule has 1 rings (SSSR count). The Morgan fingerprint density at radius 1 is 0.571 bits per heavy atom. The molecule has 13 heteroatoms. The number of ether oxygens (including phenoxy) is 2. The number of unbranched alkanes of at least 4 members (excludes halogenated alkanes) is 35. The fourth-order valence-corrected chi connectivity index (χ4v) is 10.0. The molecule has 1 aliphatic heterocycles. The van der Waals surface area contributed by atoms with Gasteiger partial charge in [-0.25, -0.2) is 4.18 Å².